The van der Waals surface area contributed by atoms with Gasteiger partial charge >= 0.3 is 0 Å². The van der Waals surface area contributed by atoms with Crippen LogP contribution in [0, 0.1) is 5.82 Å². The molecular weight excluding hydrogens is 597 g/mol. The molecule has 230 valence electrons. The summed E-state index contributed by atoms with van der Waals surface area (Å²) in [6.07, 6.45) is 10.4. The number of pyridine rings is 3. The van der Waals surface area contributed by atoms with Crippen LogP contribution in [0.25, 0.3) is 56.0 Å². The number of benzene rings is 1. The van der Waals surface area contributed by atoms with Gasteiger partial charge in [-0.2, -0.15) is 5.10 Å². The summed E-state index contributed by atoms with van der Waals surface area (Å²) in [5, 5.41) is 8.16. The van der Waals surface area contributed by atoms with Crippen LogP contribution in [0.3, 0.4) is 0 Å². The molecule has 0 spiro atoms. The lowest BCUT2D eigenvalue weighted by Gasteiger charge is -2.15. The number of fused-ring (bicyclic) bond motifs is 2. The van der Waals surface area contributed by atoms with Gasteiger partial charge in [0.15, 0.2) is 17.1 Å². The Bertz CT molecular complexity index is 2120. The monoisotopic (exact) mass is 627 g/mol. The topological polar surface area (TPSA) is 155 Å². The van der Waals surface area contributed by atoms with Crippen LogP contribution in [-0.4, -0.2) is 80.9 Å². The van der Waals surface area contributed by atoms with Crippen molar-refractivity contribution in [2.45, 2.75) is 19.4 Å². The summed E-state index contributed by atoms with van der Waals surface area (Å²) in [5.41, 5.74) is 5.54. The average Bonchev–Trinajstić information content (AvgIpc) is 3.79. The Morgan fingerprint density at radius 2 is 1.84 bits per heavy atom. The summed E-state index contributed by atoms with van der Waals surface area (Å²) in [6, 6.07) is 10.1. The zero-order chi connectivity index (χ0) is 31.0. The van der Waals surface area contributed by atoms with Crippen molar-refractivity contribution in [3.63, 3.8) is 0 Å². The van der Waals surface area contributed by atoms with Crippen LogP contribution in [-0.2, 0) is 16.6 Å². The van der Waals surface area contributed by atoms with Gasteiger partial charge in [0.2, 0.25) is 10.0 Å². The highest BCUT2D eigenvalue weighted by Gasteiger charge is 2.18. The number of nitrogens with zero attached hydrogens (tertiary/aromatic N) is 6. The molecule has 1 fully saturated rings. The molecule has 1 aliphatic heterocycles. The highest BCUT2D eigenvalue weighted by molar-refractivity contribution is 7.88. The van der Waals surface area contributed by atoms with E-state index in [1.165, 1.54) is 25.0 Å². The fourth-order valence-corrected chi connectivity index (χ4v) is 6.01. The van der Waals surface area contributed by atoms with Gasteiger partial charge in [-0.1, -0.05) is 0 Å². The second-order valence-electron chi connectivity index (χ2n) is 11.1. The van der Waals surface area contributed by atoms with E-state index in [0.717, 1.165) is 42.4 Å². The third-order valence-electron chi connectivity index (χ3n) is 7.77. The van der Waals surface area contributed by atoms with Gasteiger partial charge in [-0.15, -0.1) is 0 Å². The summed E-state index contributed by atoms with van der Waals surface area (Å²) in [6.45, 7) is 3.71. The molecule has 5 aromatic heterocycles. The standard InChI is InChI=1S/C31H30FN9O3S/c1-45(42,43)36-15-19-10-20(12-23(32)11-19)25-4-5-34-30-27(25)37-31(38-30)28-26-14-22(17-35-29(26)40-39-28)21-13-24(18-33-16-21)44-9-8-41-6-2-3-7-41/h4-5,10-14,16-18,36H,2-3,6-9,15H2,1H3,(H,34,37,38)(H,35,39,40). The molecule has 0 amide bonds. The largest absolute Gasteiger partial charge is 0.491 e. The minimum Gasteiger partial charge on any atom is -0.491 e. The maximum Gasteiger partial charge on any atom is 0.209 e. The van der Waals surface area contributed by atoms with Crippen molar-refractivity contribution < 1.29 is 17.5 Å². The Morgan fingerprint density at radius 3 is 2.69 bits per heavy atom. The molecule has 6 heterocycles. The predicted octanol–water partition coefficient (Wildman–Crippen LogP) is 4.29. The molecule has 7 rings (SSSR count). The molecule has 0 atom stereocenters. The number of H-pyrrole nitrogens is 2. The van der Waals surface area contributed by atoms with Crippen LogP contribution < -0.4 is 9.46 Å². The fraction of sp³-hybridized carbons (Fsp3) is 0.258. The first-order valence-electron chi connectivity index (χ1n) is 14.5. The average molecular weight is 628 g/mol. The van der Waals surface area contributed by atoms with Gasteiger partial charge in [-0.25, -0.2) is 32.5 Å². The maximum atomic E-state index is 14.6. The molecule has 0 aliphatic carbocycles. The van der Waals surface area contributed by atoms with Crippen molar-refractivity contribution in [1.29, 1.82) is 0 Å². The Morgan fingerprint density at radius 1 is 1.00 bits per heavy atom. The van der Waals surface area contributed by atoms with E-state index in [1.54, 1.807) is 36.9 Å². The summed E-state index contributed by atoms with van der Waals surface area (Å²) in [5.74, 6) is 0.692. The number of hydrogen-bond acceptors (Lipinski definition) is 9. The highest BCUT2D eigenvalue weighted by atomic mass is 32.2. The molecule has 0 radical (unpaired) electrons. The summed E-state index contributed by atoms with van der Waals surface area (Å²) in [7, 11) is -3.44. The number of halogens is 1. The van der Waals surface area contributed by atoms with Crippen LogP contribution in [0.5, 0.6) is 5.75 Å². The van der Waals surface area contributed by atoms with Crippen LogP contribution in [0.15, 0.2) is 61.2 Å². The third kappa shape index (κ3) is 6.38. The van der Waals surface area contributed by atoms with E-state index >= 15 is 0 Å². The summed E-state index contributed by atoms with van der Waals surface area (Å²) in [4.78, 5) is 23.8. The molecule has 1 saturated heterocycles. The highest BCUT2D eigenvalue weighted by Crippen LogP contribution is 2.33. The lowest BCUT2D eigenvalue weighted by Crippen LogP contribution is -2.25. The second-order valence-corrected chi connectivity index (χ2v) is 12.9. The fourth-order valence-electron chi connectivity index (χ4n) is 5.58. The van der Waals surface area contributed by atoms with E-state index < -0.39 is 15.8 Å². The quantitative estimate of drug-likeness (QED) is 0.202. The van der Waals surface area contributed by atoms with Gasteiger partial charge < -0.3 is 9.72 Å². The summed E-state index contributed by atoms with van der Waals surface area (Å²) >= 11 is 0. The third-order valence-corrected chi connectivity index (χ3v) is 8.44. The second kappa shape index (κ2) is 12.0. The van der Waals surface area contributed by atoms with Gasteiger partial charge in [0.25, 0.3) is 0 Å². The maximum absolute atomic E-state index is 14.6. The molecule has 12 nitrogen and oxygen atoms in total. The van der Waals surface area contributed by atoms with E-state index in [4.69, 9.17) is 9.72 Å². The smallest absolute Gasteiger partial charge is 0.209 e. The zero-order valence-corrected chi connectivity index (χ0v) is 25.2. The SMILES string of the molecule is CS(=O)(=O)NCc1cc(F)cc(-c2ccnc3nc(-c4[nH]nc5ncc(-c6cncc(OCCN7CCCC7)c6)cc45)[nH]c23)c1. The Kier molecular flexibility index (Phi) is 7.69. The van der Waals surface area contributed by atoms with Crippen molar-refractivity contribution in [3.8, 4) is 39.5 Å². The molecule has 14 heteroatoms. The molecule has 45 heavy (non-hydrogen) atoms. The number of aromatic amines is 2. The number of imidazole rings is 1. The first-order valence-corrected chi connectivity index (χ1v) is 16.4. The van der Waals surface area contributed by atoms with Crippen molar-refractivity contribution in [2.75, 3.05) is 32.5 Å². The Hall–Kier alpha value is -4.79. The minimum atomic E-state index is -3.44. The first-order chi connectivity index (χ1) is 21.8. The molecule has 0 bridgehead atoms. The van der Waals surface area contributed by atoms with Gasteiger partial charge in [0.1, 0.15) is 23.9 Å². The van der Waals surface area contributed by atoms with Gasteiger partial charge in [-0.3, -0.25) is 15.0 Å². The van der Waals surface area contributed by atoms with Gasteiger partial charge in [-0.05, 0) is 73.5 Å². The molecule has 3 N–H and O–H groups in total. The molecule has 1 aliphatic rings. The lowest BCUT2D eigenvalue weighted by molar-refractivity contribution is 0.237. The minimum absolute atomic E-state index is 0.0370. The van der Waals surface area contributed by atoms with Crippen LogP contribution in [0.2, 0.25) is 0 Å². The first kappa shape index (κ1) is 29.0. The van der Waals surface area contributed by atoms with Crippen LogP contribution >= 0.6 is 0 Å². The van der Waals surface area contributed by atoms with Crippen LogP contribution in [0.1, 0.15) is 18.4 Å². The van der Waals surface area contributed by atoms with Crippen LogP contribution in [0.4, 0.5) is 4.39 Å². The molecule has 0 unspecified atom stereocenters. The zero-order valence-electron chi connectivity index (χ0n) is 24.4. The van der Waals surface area contributed by atoms with Gasteiger partial charge in [0.05, 0.1) is 23.4 Å². The van der Waals surface area contributed by atoms with E-state index in [1.807, 2.05) is 12.1 Å². The van der Waals surface area contributed by atoms with Crippen molar-refractivity contribution >= 4 is 32.2 Å². The van der Waals surface area contributed by atoms with Crippen molar-refractivity contribution in [3.05, 3.63) is 72.6 Å². The summed E-state index contributed by atoms with van der Waals surface area (Å²) < 4.78 is 46.2. The van der Waals surface area contributed by atoms with Crippen molar-refractivity contribution in [2.24, 2.45) is 0 Å². The molecular formula is C31H30FN9O3S. The lowest BCUT2D eigenvalue weighted by atomic mass is 10.0. The number of rotatable bonds is 10. The normalized spacial score (nSPS) is 14.1. The number of likely N-dealkylation sites (tertiary alicyclic amines) is 1. The molecule has 0 saturated carbocycles. The van der Waals surface area contributed by atoms with E-state index in [-0.39, 0.29) is 6.54 Å². The van der Waals surface area contributed by atoms with E-state index in [9.17, 15) is 12.8 Å². The van der Waals surface area contributed by atoms with E-state index in [2.05, 4.69) is 39.8 Å². The molecule has 6 aromatic rings. The van der Waals surface area contributed by atoms with Gasteiger partial charge in [0, 0.05) is 48.4 Å². The Labute approximate surface area is 258 Å². The van der Waals surface area contributed by atoms with Crippen molar-refractivity contribution in [1.82, 2.24) is 44.7 Å². The van der Waals surface area contributed by atoms with E-state index in [0.29, 0.717) is 57.4 Å². The Balaban J connectivity index is 1.19. The number of nitrogens with one attached hydrogen (secondary N) is 3. The predicted molar refractivity (Wildman–Crippen MR) is 168 cm³/mol. The number of aromatic nitrogens is 7. The molecule has 1 aromatic carbocycles. The number of ether oxygens (including phenoxy) is 1. The number of sulfonamides is 1. The number of hydrogen-bond donors (Lipinski definition) is 3.